The van der Waals surface area contributed by atoms with Gasteiger partial charge in [-0.3, -0.25) is 29.5 Å². The number of hydrogen-bond donors (Lipinski definition) is 2. The van der Waals surface area contributed by atoms with Crippen LogP contribution in [0.25, 0.3) is 11.1 Å². The summed E-state index contributed by atoms with van der Waals surface area (Å²) in [6.07, 6.45) is 4.07. The number of nitrogens with zero attached hydrogens (tertiary/aromatic N) is 3. The molecule has 38 heavy (non-hydrogen) atoms. The molecule has 2 fully saturated rings. The van der Waals surface area contributed by atoms with E-state index >= 15 is 0 Å². The summed E-state index contributed by atoms with van der Waals surface area (Å²) < 4.78 is 10.9. The summed E-state index contributed by atoms with van der Waals surface area (Å²) >= 11 is 5.86. The van der Waals surface area contributed by atoms with E-state index in [1.165, 1.54) is 18.3 Å². The SMILES string of the molecule is O=C(Nc1ccc(Cl)c([N+](=O)[O-])c1)c1oc2cccnc2c1NC(=O)[C@H]1CC[C@H](N2CCOCC2=O)CC1. The second-order valence-corrected chi connectivity index (χ2v) is 9.58. The minimum Gasteiger partial charge on any atom is -0.447 e. The van der Waals surface area contributed by atoms with Crippen molar-refractivity contribution in [2.24, 2.45) is 5.92 Å². The van der Waals surface area contributed by atoms with Crippen LogP contribution in [0.2, 0.25) is 5.02 Å². The number of ether oxygens (including phenoxy) is 1. The van der Waals surface area contributed by atoms with E-state index in [2.05, 4.69) is 15.6 Å². The molecule has 2 N–H and O–H groups in total. The zero-order valence-corrected chi connectivity index (χ0v) is 20.9. The Bertz CT molecular complexity index is 1420. The van der Waals surface area contributed by atoms with E-state index in [1.54, 1.807) is 12.1 Å². The molecule has 1 saturated heterocycles. The predicted octanol–water partition coefficient (Wildman–Crippen LogP) is 4.00. The van der Waals surface area contributed by atoms with Gasteiger partial charge in [0.05, 0.1) is 11.5 Å². The Kier molecular flexibility index (Phi) is 7.25. The topological polar surface area (TPSA) is 157 Å². The van der Waals surface area contributed by atoms with Crippen LogP contribution >= 0.6 is 11.6 Å². The molecule has 5 rings (SSSR count). The largest absolute Gasteiger partial charge is 0.447 e. The van der Waals surface area contributed by atoms with Crippen molar-refractivity contribution >= 4 is 57.5 Å². The van der Waals surface area contributed by atoms with E-state index in [0.29, 0.717) is 49.9 Å². The number of pyridine rings is 1. The summed E-state index contributed by atoms with van der Waals surface area (Å²) in [4.78, 5) is 55.2. The first-order chi connectivity index (χ1) is 18.3. The molecule has 0 bridgehead atoms. The van der Waals surface area contributed by atoms with Crippen molar-refractivity contribution in [1.82, 2.24) is 9.88 Å². The number of furan rings is 1. The van der Waals surface area contributed by atoms with Crippen LogP contribution < -0.4 is 10.6 Å². The van der Waals surface area contributed by atoms with Crippen LogP contribution in [0.4, 0.5) is 17.1 Å². The van der Waals surface area contributed by atoms with E-state index in [0.717, 1.165) is 6.07 Å². The standard InChI is InChI=1S/C25H24ClN5O7/c26-17-8-5-15(12-18(17)31(35)36)28-25(34)23-22(21-19(38-23)2-1-9-27-21)29-24(33)14-3-6-16(7-4-14)30-10-11-37-13-20(30)32/h1-2,5,8-9,12,14,16H,3-4,6-7,10-11,13H2,(H,28,34)(H,29,33)/t14-,16-. The number of nitro groups is 1. The maximum absolute atomic E-state index is 13.2. The van der Waals surface area contributed by atoms with Crippen molar-refractivity contribution in [2.75, 3.05) is 30.4 Å². The lowest BCUT2D eigenvalue weighted by Gasteiger charge is -2.38. The number of fused-ring (bicyclic) bond motifs is 1. The molecule has 1 aromatic carbocycles. The van der Waals surface area contributed by atoms with Gasteiger partial charge in [-0.1, -0.05) is 11.6 Å². The number of nitrogens with one attached hydrogen (secondary N) is 2. The second-order valence-electron chi connectivity index (χ2n) is 9.17. The van der Waals surface area contributed by atoms with E-state index in [1.807, 2.05) is 4.90 Å². The average molecular weight is 542 g/mol. The molecule has 3 aromatic rings. The van der Waals surface area contributed by atoms with Gasteiger partial charge in [-0.2, -0.15) is 0 Å². The van der Waals surface area contributed by atoms with Crippen LogP contribution in [0.15, 0.2) is 40.9 Å². The van der Waals surface area contributed by atoms with Gasteiger partial charge in [0, 0.05) is 36.5 Å². The van der Waals surface area contributed by atoms with E-state index in [-0.39, 0.29) is 58.2 Å². The number of hydrogen-bond acceptors (Lipinski definition) is 8. The summed E-state index contributed by atoms with van der Waals surface area (Å²) in [6.45, 7) is 1.17. The van der Waals surface area contributed by atoms with Gasteiger partial charge < -0.3 is 24.7 Å². The third kappa shape index (κ3) is 5.18. The number of rotatable bonds is 6. The monoisotopic (exact) mass is 541 g/mol. The van der Waals surface area contributed by atoms with Crippen LogP contribution in [0.3, 0.4) is 0 Å². The van der Waals surface area contributed by atoms with Crippen molar-refractivity contribution < 1.29 is 28.5 Å². The smallest absolute Gasteiger partial charge is 0.293 e. The summed E-state index contributed by atoms with van der Waals surface area (Å²) in [6, 6.07) is 7.19. The lowest BCUT2D eigenvalue weighted by molar-refractivity contribution is -0.384. The maximum Gasteiger partial charge on any atom is 0.293 e. The summed E-state index contributed by atoms with van der Waals surface area (Å²) in [7, 11) is 0. The average Bonchev–Trinajstić information content (AvgIpc) is 3.28. The summed E-state index contributed by atoms with van der Waals surface area (Å²) in [5, 5.41) is 16.5. The Labute approximate surface area is 221 Å². The molecule has 3 amide bonds. The molecule has 1 saturated carbocycles. The fourth-order valence-electron chi connectivity index (χ4n) is 4.91. The number of carbonyl (C=O) groups excluding carboxylic acids is 3. The lowest BCUT2D eigenvalue weighted by Crippen LogP contribution is -2.49. The highest BCUT2D eigenvalue weighted by Crippen LogP contribution is 2.34. The molecular formula is C25H24ClN5O7. The first-order valence-corrected chi connectivity index (χ1v) is 12.5. The molecule has 2 aromatic heterocycles. The first kappa shape index (κ1) is 25.6. The lowest BCUT2D eigenvalue weighted by atomic mass is 9.84. The summed E-state index contributed by atoms with van der Waals surface area (Å²) in [5.41, 5.74) is 0.494. The molecule has 13 heteroatoms. The van der Waals surface area contributed by atoms with Crippen LogP contribution in [-0.2, 0) is 14.3 Å². The Hall–Kier alpha value is -4.03. The fraction of sp³-hybridized carbons (Fsp3) is 0.360. The van der Waals surface area contributed by atoms with E-state index in [9.17, 15) is 24.5 Å². The van der Waals surface area contributed by atoms with Crippen LogP contribution in [0.1, 0.15) is 36.2 Å². The Morgan fingerprint density at radius 2 is 1.95 bits per heavy atom. The molecule has 2 aliphatic rings. The molecule has 198 valence electrons. The van der Waals surface area contributed by atoms with Crippen molar-refractivity contribution in [2.45, 2.75) is 31.7 Å². The van der Waals surface area contributed by atoms with Gasteiger partial charge in [-0.15, -0.1) is 0 Å². The van der Waals surface area contributed by atoms with Crippen LogP contribution in [0, 0.1) is 16.0 Å². The minimum absolute atomic E-state index is 0.0261. The van der Waals surface area contributed by atoms with Crippen LogP contribution in [-0.4, -0.2) is 58.3 Å². The number of benzene rings is 1. The zero-order valence-electron chi connectivity index (χ0n) is 20.1. The number of carbonyl (C=O) groups is 3. The van der Waals surface area contributed by atoms with E-state index < -0.39 is 10.8 Å². The van der Waals surface area contributed by atoms with Gasteiger partial charge in [0.2, 0.25) is 17.6 Å². The first-order valence-electron chi connectivity index (χ1n) is 12.1. The number of nitro benzene ring substituents is 1. The molecule has 0 radical (unpaired) electrons. The number of aromatic nitrogens is 1. The van der Waals surface area contributed by atoms with Crippen LogP contribution in [0.5, 0.6) is 0 Å². The zero-order chi connectivity index (χ0) is 26.8. The highest BCUT2D eigenvalue weighted by Gasteiger charge is 2.34. The Morgan fingerprint density at radius 1 is 1.16 bits per heavy atom. The highest BCUT2D eigenvalue weighted by molar-refractivity contribution is 6.32. The van der Waals surface area contributed by atoms with Crippen molar-refractivity contribution in [3.05, 3.63) is 57.4 Å². The third-order valence-electron chi connectivity index (χ3n) is 6.83. The molecule has 1 aliphatic heterocycles. The molecule has 0 atom stereocenters. The number of morpholine rings is 1. The Morgan fingerprint density at radius 3 is 2.68 bits per heavy atom. The van der Waals surface area contributed by atoms with E-state index in [4.69, 9.17) is 20.8 Å². The van der Waals surface area contributed by atoms with Gasteiger partial charge in [-0.25, -0.2) is 0 Å². The molecule has 3 heterocycles. The quantitative estimate of drug-likeness (QED) is 0.350. The fourth-order valence-corrected chi connectivity index (χ4v) is 5.10. The van der Waals surface area contributed by atoms with Gasteiger partial charge in [-0.05, 0) is 49.9 Å². The minimum atomic E-state index is -0.718. The van der Waals surface area contributed by atoms with Crippen molar-refractivity contribution in [3.8, 4) is 0 Å². The third-order valence-corrected chi connectivity index (χ3v) is 7.15. The Balaban J connectivity index is 1.32. The molecule has 12 nitrogen and oxygen atoms in total. The molecule has 1 aliphatic carbocycles. The van der Waals surface area contributed by atoms with Gasteiger partial charge in [0.25, 0.3) is 11.6 Å². The second kappa shape index (κ2) is 10.8. The van der Waals surface area contributed by atoms with Gasteiger partial charge >= 0.3 is 0 Å². The maximum atomic E-state index is 13.2. The predicted molar refractivity (Wildman–Crippen MR) is 137 cm³/mol. The highest BCUT2D eigenvalue weighted by atomic mass is 35.5. The molecular weight excluding hydrogens is 518 g/mol. The van der Waals surface area contributed by atoms with Crippen molar-refractivity contribution in [3.63, 3.8) is 0 Å². The number of halogens is 1. The molecule has 0 unspecified atom stereocenters. The van der Waals surface area contributed by atoms with Gasteiger partial charge in [0.1, 0.15) is 22.8 Å². The number of amides is 3. The molecule has 0 spiro atoms. The normalized spacial score (nSPS) is 19.8. The number of anilines is 2. The van der Waals surface area contributed by atoms with Crippen molar-refractivity contribution in [1.29, 1.82) is 0 Å². The summed E-state index contributed by atoms with van der Waals surface area (Å²) in [5.74, 6) is -1.52. The van der Waals surface area contributed by atoms with Gasteiger partial charge in [0.15, 0.2) is 5.58 Å².